The zero-order valence-electron chi connectivity index (χ0n) is 12.5. The van der Waals surface area contributed by atoms with Crippen LogP contribution in [0, 0.1) is 5.82 Å². The maximum absolute atomic E-state index is 13.9. The first-order valence-electron chi connectivity index (χ1n) is 7.04. The van der Waals surface area contributed by atoms with Crippen LogP contribution >= 0.6 is 7.60 Å². The molecule has 1 aromatic rings. The van der Waals surface area contributed by atoms with Crippen LogP contribution in [0.5, 0.6) is 0 Å². The summed E-state index contributed by atoms with van der Waals surface area (Å²) in [6, 6.07) is 6.43. The number of hydroxylamine groups is 2. The molecular weight excluding hydrogens is 296 g/mol. The highest BCUT2D eigenvalue weighted by Crippen LogP contribution is 2.59. The SMILES string of the molecule is CCOP(=O)(OCC)[C@H]1C[C@H](c2ccccc2F)ON1C. The summed E-state index contributed by atoms with van der Waals surface area (Å²) >= 11 is 0. The predicted molar refractivity (Wildman–Crippen MR) is 77.3 cm³/mol. The second-order valence-electron chi connectivity index (χ2n) is 4.75. The standard InChI is InChI=1S/C14H21FNO4P/c1-4-18-21(17,19-5-2)14-10-13(20-16(14)3)11-8-6-7-9-12(11)15/h6-9,13-14H,4-5,10H2,1-3H3/t13-,14+/m1/s1. The van der Waals surface area contributed by atoms with Gasteiger partial charge in [0.1, 0.15) is 17.7 Å². The maximum Gasteiger partial charge on any atom is 0.350 e. The molecule has 0 aromatic heterocycles. The van der Waals surface area contributed by atoms with Crippen LogP contribution in [0.25, 0.3) is 0 Å². The Morgan fingerprint density at radius 3 is 2.52 bits per heavy atom. The van der Waals surface area contributed by atoms with E-state index in [0.717, 1.165) is 0 Å². The van der Waals surface area contributed by atoms with E-state index in [-0.39, 0.29) is 19.0 Å². The van der Waals surface area contributed by atoms with Crippen LogP contribution in [0.3, 0.4) is 0 Å². The average Bonchev–Trinajstić information content (AvgIpc) is 2.82. The van der Waals surface area contributed by atoms with Crippen LogP contribution in [0.2, 0.25) is 0 Å². The number of nitrogens with zero attached hydrogens (tertiary/aromatic N) is 1. The summed E-state index contributed by atoms with van der Waals surface area (Å²) in [6.07, 6.45) is -0.134. The fraction of sp³-hybridized carbons (Fsp3) is 0.571. The molecule has 5 nitrogen and oxygen atoms in total. The zero-order valence-corrected chi connectivity index (χ0v) is 13.4. The number of hydrogen-bond acceptors (Lipinski definition) is 5. The summed E-state index contributed by atoms with van der Waals surface area (Å²) in [5, 5.41) is 1.46. The van der Waals surface area contributed by atoms with E-state index in [1.54, 1.807) is 39.1 Å². The summed E-state index contributed by atoms with van der Waals surface area (Å²) in [5.74, 6) is -0.874. The van der Waals surface area contributed by atoms with Crippen LogP contribution in [0.4, 0.5) is 4.39 Å². The minimum absolute atomic E-state index is 0.284. The minimum atomic E-state index is -3.32. The molecule has 1 fully saturated rings. The van der Waals surface area contributed by atoms with Crippen molar-refractivity contribution < 1.29 is 22.8 Å². The Kier molecular flexibility index (Phi) is 5.52. The number of benzene rings is 1. The largest absolute Gasteiger partial charge is 0.350 e. The van der Waals surface area contributed by atoms with Gasteiger partial charge in [0.05, 0.1) is 13.2 Å². The van der Waals surface area contributed by atoms with Crippen molar-refractivity contribution in [3.8, 4) is 0 Å². The van der Waals surface area contributed by atoms with Crippen molar-refractivity contribution in [2.75, 3.05) is 20.3 Å². The van der Waals surface area contributed by atoms with E-state index in [9.17, 15) is 8.96 Å². The van der Waals surface area contributed by atoms with Gasteiger partial charge in [-0.1, -0.05) is 18.2 Å². The van der Waals surface area contributed by atoms with Crippen molar-refractivity contribution in [3.63, 3.8) is 0 Å². The van der Waals surface area contributed by atoms with E-state index >= 15 is 0 Å². The van der Waals surface area contributed by atoms with Crippen molar-refractivity contribution in [2.45, 2.75) is 32.2 Å². The first-order chi connectivity index (χ1) is 10.0. The fourth-order valence-corrected chi connectivity index (χ4v) is 4.51. The molecule has 0 N–H and O–H groups in total. The highest BCUT2D eigenvalue weighted by molar-refractivity contribution is 7.54. The van der Waals surface area contributed by atoms with E-state index in [0.29, 0.717) is 12.0 Å². The highest BCUT2D eigenvalue weighted by atomic mass is 31.2. The van der Waals surface area contributed by atoms with Gasteiger partial charge in [-0.15, -0.1) is 0 Å². The molecule has 1 aromatic carbocycles. The van der Waals surface area contributed by atoms with Gasteiger partial charge in [0.25, 0.3) is 0 Å². The zero-order chi connectivity index (χ0) is 15.5. The number of hydrogen-bond donors (Lipinski definition) is 0. The highest BCUT2D eigenvalue weighted by Gasteiger charge is 2.46. The van der Waals surface area contributed by atoms with Gasteiger partial charge in [0.15, 0.2) is 0 Å². The van der Waals surface area contributed by atoms with Crippen LogP contribution in [-0.2, 0) is 18.5 Å². The quantitative estimate of drug-likeness (QED) is 0.748. The molecule has 1 saturated heterocycles. The molecule has 118 valence electrons. The fourth-order valence-electron chi connectivity index (χ4n) is 2.47. The Balaban J connectivity index is 2.21. The normalized spacial score (nSPS) is 23.6. The van der Waals surface area contributed by atoms with Gasteiger partial charge in [-0.3, -0.25) is 9.40 Å². The van der Waals surface area contributed by atoms with Crippen LogP contribution in [0.1, 0.15) is 31.9 Å². The molecule has 0 bridgehead atoms. The number of halogens is 1. The molecule has 2 rings (SSSR count). The maximum atomic E-state index is 13.9. The molecule has 0 amide bonds. The topological polar surface area (TPSA) is 48.0 Å². The molecule has 7 heteroatoms. The van der Waals surface area contributed by atoms with Gasteiger partial charge >= 0.3 is 7.60 Å². The second-order valence-corrected chi connectivity index (χ2v) is 6.95. The van der Waals surface area contributed by atoms with Crippen LogP contribution < -0.4 is 0 Å². The molecule has 1 aliphatic heterocycles. The lowest BCUT2D eigenvalue weighted by molar-refractivity contribution is -0.137. The summed E-state index contributed by atoms with van der Waals surface area (Å²) in [4.78, 5) is 5.64. The van der Waals surface area contributed by atoms with E-state index in [2.05, 4.69) is 0 Å². The van der Waals surface area contributed by atoms with Crippen LogP contribution in [-0.4, -0.2) is 31.1 Å². The molecule has 21 heavy (non-hydrogen) atoms. The lowest BCUT2D eigenvalue weighted by Crippen LogP contribution is -2.25. The van der Waals surface area contributed by atoms with Gasteiger partial charge in [-0.2, -0.15) is 5.06 Å². The Labute approximate surface area is 124 Å². The molecule has 0 saturated carbocycles. The molecule has 0 aliphatic carbocycles. The summed E-state index contributed by atoms with van der Waals surface area (Å²) in [5.41, 5.74) is 0.450. The summed E-state index contributed by atoms with van der Waals surface area (Å²) in [6.45, 7) is 4.09. The molecule has 1 heterocycles. The van der Waals surface area contributed by atoms with Gasteiger partial charge in [0, 0.05) is 19.0 Å². The lowest BCUT2D eigenvalue weighted by atomic mass is 10.1. The van der Waals surface area contributed by atoms with E-state index in [1.807, 2.05) is 0 Å². The molecule has 0 unspecified atom stereocenters. The Hall–Kier alpha value is -0.780. The Bertz CT molecular complexity index is 517. The minimum Gasteiger partial charge on any atom is -0.308 e. The lowest BCUT2D eigenvalue weighted by Gasteiger charge is -2.25. The average molecular weight is 317 g/mol. The molecule has 1 aliphatic rings. The Morgan fingerprint density at radius 1 is 1.33 bits per heavy atom. The molecule has 0 radical (unpaired) electrons. The summed E-state index contributed by atoms with van der Waals surface area (Å²) in [7, 11) is -1.65. The predicted octanol–water partition coefficient (Wildman–Crippen LogP) is 3.73. The third kappa shape index (κ3) is 3.52. The van der Waals surface area contributed by atoms with Gasteiger partial charge in [-0.05, 0) is 19.9 Å². The van der Waals surface area contributed by atoms with Crippen molar-refractivity contribution in [3.05, 3.63) is 35.6 Å². The summed E-state index contributed by atoms with van der Waals surface area (Å²) < 4.78 is 37.4. The molecular formula is C14H21FNO4P. The van der Waals surface area contributed by atoms with Gasteiger partial charge in [0.2, 0.25) is 0 Å². The van der Waals surface area contributed by atoms with Crippen LogP contribution in [0.15, 0.2) is 24.3 Å². The third-order valence-electron chi connectivity index (χ3n) is 3.37. The third-order valence-corrected chi connectivity index (χ3v) is 5.88. The smallest absolute Gasteiger partial charge is 0.308 e. The monoisotopic (exact) mass is 317 g/mol. The first kappa shape index (κ1) is 16.6. The van der Waals surface area contributed by atoms with E-state index in [1.165, 1.54) is 11.1 Å². The Morgan fingerprint density at radius 2 is 1.95 bits per heavy atom. The van der Waals surface area contributed by atoms with Crippen molar-refractivity contribution >= 4 is 7.60 Å². The van der Waals surface area contributed by atoms with E-state index in [4.69, 9.17) is 13.9 Å². The van der Waals surface area contributed by atoms with Crippen molar-refractivity contribution in [1.82, 2.24) is 5.06 Å². The second kappa shape index (κ2) is 6.99. The van der Waals surface area contributed by atoms with Gasteiger partial charge in [-0.25, -0.2) is 4.39 Å². The van der Waals surface area contributed by atoms with E-state index < -0.39 is 19.5 Å². The van der Waals surface area contributed by atoms with Gasteiger partial charge < -0.3 is 9.05 Å². The van der Waals surface area contributed by atoms with Crippen molar-refractivity contribution in [1.29, 1.82) is 0 Å². The first-order valence-corrected chi connectivity index (χ1v) is 8.65. The van der Waals surface area contributed by atoms with Crippen molar-refractivity contribution in [2.24, 2.45) is 0 Å². The molecule has 2 atom stereocenters. The molecule has 0 spiro atoms. The number of rotatable bonds is 6.